The van der Waals surface area contributed by atoms with Crippen molar-refractivity contribution < 1.29 is 9.47 Å². The first-order valence-electron chi connectivity index (χ1n) is 2.71. The van der Waals surface area contributed by atoms with Crippen molar-refractivity contribution in [2.24, 2.45) is 0 Å². The first-order chi connectivity index (χ1) is 3.88. The zero-order valence-electron chi connectivity index (χ0n) is 5.18. The van der Waals surface area contributed by atoms with Crippen molar-refractivity contribution in [3.05, 3.63) is 0 Å². The maximum absolute atomic E-state index is 5.02. The lowest BCUT2D eigenvalue weighted by molar-refractivity contribution is 0.0950. The van der Waals surface area contributed by atoms with Crippen LogP contribution in [-0.4, -0.2) is 33.1 Å². The monoisotopic (exact) mass is 117 g/mol. The molecule has 1 aliphatic rings. The van der Waals surface area contributed by atoms with Crippen LogP contribution < -0.4 is 5.32 Å². The summed E-state index contributed by atoms with van der Waals surface area (Å²) in [6, 6.07) is 0. The van der Waals surface area contributed by atoms with Crippen LogP contribution in [0.3, 0.4) is 0 Å². The second-order valence-corrected chi connectivity index (χ2v) is 1.84. The molecule has 1 rings (SSSR count). The lowest BCUT2D eigenvalue weighted by Crippen LogP contribution is -2.15. The third-order valence-electron chi connectivity index (χ3n) is 1.17. The van der Waals surface area contributed by atoms with E-state index in [1.165, 1.54) is 0 Å². The first kappa shape index (κ1) is 6.01. The average Bonchev–Trinajstić information content (AvgIpc) is 2.48. The van der Waals surface area contributed by atoms with Gasteiger partial charge in [0.05, 0.1) is 0 Å². The van der Waals surface area contributed by atoms with Gasteiger partial charge in [-0.05, 0) is 7.05 Å². The number of ether oxygens (including phenoxy) is 2. The fraction of sp³-hybridized carbons (Fsp3) is 1.00. The molecule has 0 radical (unpaired) electrons. The van der Waals surface area contributed by atoms with Gasteiger partial charge in [0.1, 0.15) is 6.10 Å². The van der Waals surface area contributed by atoms with Gasteiger partial charge in [-0.3, -0.25) is 0 Å². The minimum Gasteiger partial charge on any atom is -0.353 e. The van der Waals surface area contributed by atoms with E-state index in [0.29, 0.717) is 6.10 Å². The maximum atomic E-state index is 5.02. The van der Waals surface area contributed by atoms with E-state index < -0.39 is 0 Å². The van der Waals surface area contributed by atoms with Crippen molar-refractivity contribution in [3.63, 3.8) is 0 Å². The van der Waals surface area contributed by atoms with Crippen molar-refractivity contribution in [2.45, 2.75) is 12.4 Å². The van der Waals surface area contributed by atoms with Gasteiger partial charge in [0.2, 0.25) is 0 Å². The van der Waals surface area contributed by atoms with Crippen molar-refractivity contribution in [2.75, 3.05) is 20.7 Å². The number of methoxy groups -OCH3 is 1. The Morgan fingerprint density at radius 1 is 1.75 bits per heavy atom. The van der Waals surface area contributed by atoms with Gasteiger partial charge >= 0.3 is 0 Å². The van der Waals surface area contributed by atoms with Crippen molar-refractivity contribution in [1.82, 2.24) is 5.32 Å². The largest absolute Gasteiger partial charge is 0.353 e. The molecular weight excluding hydrogens is 106 g/mol. The van der Waals surface area contributed by atoms with E-state index in [0.717, 1.165) is 6.54 Å². The van der Waals surface area contributed by atoms with Gasteiger partial charge in [-0.15, -0.1) is 0 Å². The van der Waals surface area contributed by atoms with E-state index in [9.17, 15) is 0 Å². The van der Waals surface area contributed by atoms with Gasteiger partial charge in [0.15, 0.2) is 6.29 Å². The molecule has 2 unspecified atom stereocenters. The molecule has 1 saturated heterocycles. The smallest absolute Gasteiger partial charge is 0.185 e. The van der Waals surface area contributed by atoms with Crippen LogP contribution in [0.1, 0.15) is 0 Å². The van der Waals surface area contributed by atoms with Crippen LogP contribution in [0.25, 0.3) is 0 Å². The summed E-state index contributed by atoms with van der Waals surface area (Å²) in [4.78, 5) is 0. The standard InChI is InChI=1S/C5H11NO2/c1-6-3-4-5(7-2)8-4/h4-6H,3H2,1-2H3. The summed E-state index contributed by atoms with van der Waals surface area (Å²) >= 11 is 0. The Morgan fingerprint density at radius 3 is 2.88 bits per heavy atom. The second kappa shape index (κ2) is 2.44. The zero-order chi connectivity index (χ0) is 5.98. The summed E-state index contributed by atoms with van der Waals surface area (Å²) in [6.45, 7) is 0.887. The highest BCUT2D eigenvalue weighted by Crippen LogP contribution is 2.20. The molecule has 1 heterocycles. The molecule has 3 heteroatoms. The van der Waals surface area contributed by atoms with E-state index in [2.05, 4.69) is 5.32 Å². The minimum atomic E-state index is 0.0578. The van der Waals surface area contributed by atoms with Gasteiger partial charge in [-0.1, -0.05) is 0 Å². The van der Waals surface area contributed by atoms with Crippen LogP contribution >= 0.6 is 0 Å². The molecule has 0 aromatic carbocycles. The molecule has 2 atom stereocenters. The van der Waals surface area contributed by atoms with Crippen LogP contribution in [-0.2, 0) is 9.47 Å². The molecule has 1 aliphatic heterocycles. The topological polar surface area (TPSA) is 33.8 Å². The Kier molecular flexibility index (Phi) is 1.83. The van der Waals surface area contributed by atoms with Gasteiger partial charge in [0.25, 0.3) is 0 Å². The van der Waals surface area contributed by atoms with E-state index in [1.807, 2.05) is 7.05 Å². The molecule has 0 aliphatic carbocycles. The van der Waals surface area contributed by atoms with E-state index >= 15 is 0 Å². The maximum Gasteiger partial charge on any atom is 0.185 e. The molecule has 1 N–H and O–H groups in total. The Labute approximate surface area is 49.0 Å². The number of hydrogen-bond acceptors (Lipinski definition) is 3. The fourth-order valence-electron chi connectivity index (χ4n) is 0.680. The average molecular weight is 117 g/mol. The number of likely N-dealkylation sites (N-methyl/N-ethyl adjacent to an activating group) is 1. The molecule has 3 nitrogen and oxygen atoms in total. The third-order valence-corrected chi connectivity index (χ3v) is 1.17. The predicted molar refractivity (Wildman–Crippen MR) is 29.6 cm³/mol. The van der Waals surface area contributed by atoms with Gasteiger partial charge in [-0.2, -0.15) is 0 Å². The number of nitrogens with one attached hydrogen (secondary N) is 1. The van der Waals surface area contributed by atoms with Crippen LogP contribution in [0.15, 0.2) is 0 Å². The normalized spacial score (nSPS) is 35.2. The highest BCUT2D eigenvalue weighted by molar-refractivity contribution is 4.77. The lowest BCUT2D eigenvalue weighted by Gasteiger charge is -1.88. The summed E-state index contributed by atoms with van der Waals surface area (Å²) in [6.07, 6.45) is 0.354. The number of rotatable bonds is 3. The van der Waals surface area contributed by atoms with Gasteiger partial charge < -0.3 is 14.8 Å². The second-order valence-electron chi connectivity index (χ2n) is 1.84. The summed E-state index contributed by atoms with van der Waals surface area (Å²) in [5, 5.41) is 2.99. The molecule has 1 fully saturated rings. The summed E-state index contributed by atoms with van der Waals surface area (Å²) < 4.78 is 9.89. The molecule has 0 spiro atoms. The SMILES string of the molecule is CNCC1OC1OC. The van der Waals surface area contributed by atoms with Gasteiger partial charge in [0, 0.05) is 13.7 Å². The lowest BCUT2D eigenvalue weighted by atomic mass is 10.4. The molecule has 0 amide bonds. The molecule has 0 bridgehead atoms. The summed E-state index contributed by atoms with van der Waals surface area (Å²) in [7, 11) is 3.55. The Bertz CT molecular complexity index is 76.8. The zero-order valence-corrected chi connectivity index (χ0v) is 5.18. The van der Waals surface area contributed by atoms with Crippen LogP contribution in [0.4, 0.5) is 0 Å². The summed E-state index contributed by atoms with van der Waals surface area (Å²) in [5.74, 6) is 0. The number of hydrogen-bond donors (Lipinski definition) is 1. The number of epoxide rings is 1. The highest BCUT2D eigenvalue weighted by atomic mass is 16.8. The van der Waals surface area contributed by atoms with E-state index in [1.54, 1.807) is 7.11 Å². The van der Waals surface area contributed by atoms with E-state index in [4.69, 9.17) is 9.47 Å². The quantitative estimate of drug-likeness (QED) is 0.510. The van der Waals surface area contributed by atoms with Crippen LogP contribution in [0.5, 0.6) is 0 Å². The first-order valence-corrected chi connectivity index (χ1v) is 2.71. The van der Waals surface area contributed by atoms with Crippen molar-refractivity contribution in [3.8, 4) is 0 Å². The molecular formula is C5H11NO2. The highest BCUT2D eigenvalue weighted by Gasteiger charge is 2.37. The molecule has 8 heavy (non-hydrogen) atoms. The van der Waals surface area contributed by atoms with Gasteiger partial charge in [-0.25, -0.2) is 0 Å². The predicted octanol–water partition coefficient (Wildman–Crippen LogP) is -0.423. The van der Waals surface area contributed by atoms with Crippen molar-refractivity contribution in [1.29, 1.82) is 0 Å². The van der Waals surface area contributed by atoms with Crippen molar-refractivity contribution >= 4 is 0 Å². The summed E-state index contributed by atoms with van der Waals surface area (Å²) in [5.41, 5.74) is 0. The molecule has 0 aromatic heterocycles. The van der Waals surface area contributed by atoms with E-state index in [-0.39, 0.29) is 6.29 Å². The Morgan fingerprint density at radius 2 is 2.50 bits per heavy atom. The molecule has 48 valence electrons. The third kappa shape index (κ3) is 1.18. The minimum absolute atomic E-state index is 0.0578. The van der Waals surface area contributed by atoms with Crippen LogP contribution in [0.2, 0.25) is 0 Å². The molecule has 0 saturated carbocycles. The Balaban J connectivity index is 1.99. The fourth-order valence-corrected chi connectivity index (χ4v) is 0.680. The Hall–Kier alpha value is -0.120. The molecule has 0 aromatic rings. The van der Waals surface area contributed by atoms with Crippen LogP contribution in [0, 0.1) is 0 Å².